The Labute approximate surface area is 150 Å². The second kappa shape index (κ2) is 7.80. The molecule has 0 saturated carbocycles. The minimum Gasteiger partial charge on any atom is -0.357 e. The third-order valence-electron chi connectivity index (χ3n) is 4.44. The Bertz CT molecular complexity index is 552. The zero-order valence-corrected chi connectivity index (χ0v) is 16.2. The minimum atomic E-state index is 0.114. The molecule has 1 saturated heterocycles. The normalized spacial score (nSPS) is 16.4. The van der Waals surface area contributed by atoms with Gasteiger partial charge in [-0.2, -0.15) is 0 Å². The molecular weight excluding hydrogens is 322 g/mol. The molecule has 23 heavy (non-hydrogen) atoms. The number of carbonyl (C=O) groups excluding carboxylic acids is 1. The molecule has 1 aromatic rings. The van der Waals surface area contributed by atoms with Crippen LogP contribution in [-0.4, -0.2) is 33.8 Å². The van der Waals surface area contributed by atoms with Crippen molar-refractivity contribution in [2.75, 3.05) is 18.8 Å². The number of Topliss-reactive ketones (excluding diaryl/α,β-unsaturated/α-hetero) is 1. The van der Waals surface area contributed by atoms with Crippen LogP contribution in [0.5, 0.6) is 0 Å². The Hall–Kier alpha value is -0.870. The van der Waals surface area contributed by atoms with Gasteiger partial charge in [0.2, 0.25) is 0 Å². The van der Waals surface area contributed by atoms with Crippen LogP contribution in [0.2, 0.25) is 0 Å². The largest absolute Gasteiger partial charge is 0.357 e. The number of thioether (sulfide) groups is 1. The van der Waals surface area contributed by atoms with Crippen molar-refractivity contribution in [1.29, 1.82) is 0 Å². The van der Waals surface area contributed by atoms with E-state index in [-0.39, 0.29) is 11.2 Å². The SMILES string of the molecule is CC1CCN(C(=S)SCC(=O)c2ccc(C(C)(C)C)cc2)CC1. The first-order valence-electron chi connectivity index (χ1n) is 8.33. The van der Waals surface area contributed by atoms with E-state index in [9.17, 15) is 4.79 Å². The summed E-state index contributed by atoms with van der Waals surface area (Å²) in [5.41, 5.74) is 2.14. The Kier molecular flexibility index (Phi) is 6.26. The van der Waals surface area contributed by atoms with E-state index in [4.69, 9.17) is 12.2 Å². The smallest absolute Gasteiger partial charge is 0.173 e. The van der Waals surface area contributed by atoms with E-state index in [0.29, 0.717) is 5.75 Å². The summed E-state index contributed by atoms with van der Waals surface area (Å²) in [6, 6.07) is 7.99. The third-order valence-corrected chi connectivity index (χ3v) is 5.96. The average Bonchev–Trinajstić information content (AvgIpc) is 2.52. The average molecular weight is 350 g/mol. The van der Waals surface area contributed by atoms with Crippen molar-refractivity contribution in [2.45, 2.75) is 46.0 Å². The van der Waals surface area contributed by atoms with Gasteiger partial charge in [-0.1, -0.05) is 75.9 Å². The highest BCUT2D eigenvalue weighted by Crippen LogP contribution is 2.23. The molecule has 1 aliphatic heterocycles. The first-order valence-corrected chi connectivity index (χ1v) is 9.72. The minimum absolute atomic E-state index is 0.114. The number of likely N-dealkylation sites (tertiary alicyclic amines) is 1. The maximum absolute atomic E-state index is 12.3. The lowest BCUT2D eigenvalue weighted by Gasteiger charge is -2.31. The molecule has 0 aliphatic carbocycles. The number of carbonyl (C=O) groups is 1. The topological polar surface area (TPSA) is 20.3 Å². The zero-order valence-electron chi connectivity index (χ0n) is 14.6. The monoisotopic (exact) mass is 349 g/mol. The number of thiocarbonyl (C=S) groups is 1. The number of rotatable bonds is 3. The lowest BCUT2D eigenvalue weighted by molar-refractivity contribution is 0.102. The fourth-order valence-electron chi connectivity index (χ4n) is 2.65. The summed E-state index contributed by atoms with van der Waals surface area (Å²) in [6.45, 7) is 10.9. The molecule has 2 rings (SSSR count). The second-order valence-corrected chi connectivity index (χ2v) is 9.08. The van der Waals surface area contributed by atoms with Gasteiger partial charge in [-0.05, 0) is 29.7 Å². The molecule has 126 valence electrons. The molecule has 1 aliphatic rings. The van der Waals surface area contributed by atoms with Crippen molar-refractivity contribution in [3.05, 3.63) is 35.4 Å². The van der Waals surface area contributed by atoms with E-state index in [1.807, 2.05) is 12.1 Å². The molecule has 0 amide bonds. The van der Waals surface area contributed by atoms with Crippen LogP contribution < -0.4 is 0 Å². The quantitative estimate of drug-likeness (QED) is 0.570. The molecule has 0 spiro atoms. The van der Waals surface area contributed by atoms with E-state index < -0.39 is 0 Å². The van der Waals surface area contributed by atoms with Gasteiger partial charge >= 0.3 is 0 Å². The summed E-state index contributed by atoms with van der Waals surface area (Å²) in [5.74, 6) is 1.38. The molecule has 0 N–H and O–H groups in total. The standard InChI is InChI=1S/C19H27NOS2/c1-14-9-11-20(12-10-14)18(22)23-13-17(21)15-5-7-16(8-6-15)19(2,3)4/h5-8,14H,9-13H2,1-4H3. The first kappa shape index (κ1) is 18.5. The molecule has 0 bridgehead atoms. The Morgan fingerprint density at radius 1 is 1.22 bits per heavy atom. The predicted octanol–water partition coefficient (Wildman–Crippen LogP) is 4.92. The Morgan fingerprint density at radius 3 is 2.30 bits per heavy atom. The molecule has 2 nitrogen and oxygen atoms in total. The highest BCUT2D eigenvalue weighted by Gasteiger charge is 2.19. The number of hydrogen-bond acceptors (Lipinski definition) is 3. The van der Waals surface area contributed by atoms with Crippen molar-refractivity contribution >= 4 is 34.1 Å². The van der Waals surface area contributed by atoms with Gasteiger partial charge < -0.3 is 4.90 Å². The van der Waals surface area contributed by atoms with Gasteiger partial charge in [0, 0.05) is 18.7 Å². The lowest BCUT2D eigenvalue weighted by atomic mass is 9.86. The van der Waals surface area contributed by atoms with Crippen LogP contribution in [0, 0.1) is 5.92 Å². The van der Waals surface area contributed by atoms with Gasteiger partial charge in [0.15, 0.2) is 5.78 Å². The van der Waals surface area contributed by atoms with Gasteiger partial charge in [-0.15, -0.1) is 0 Å². The number of piperidine rings is 1. The van der Waals surface area contributed by atoms with Crippen LogP contribution in [-0.2, 0) is 5.41 Å². The first-order chi connectivity index (χ1) is 10.8. The number of ketones is 1. The van der Waals surface area contributed by atoms with Crippen LogP contribution in [0.3, 0.4) is 0 Å². The molecule has 1 aromatic carbocycles. The summed E-state index contributed by atoms with van der Waals surface area (Å²) in [5, 5.41) is 0. The van der Waals surface area contributed by atoms with Crippen molar-refractivity contribution in [3.8, 4) is 0 Å². The van der Waals surface area contributed by atoms with E-state index in [1.165, 1.54) is 30.2 Å². The molecule has 0 aromatic heterocycles. The van der Waals surface area contributed by atoms with E-state index in [1.54, 1.807) is 0 Å². The Balaban J connectivity index is 1.86. The van der Waals surface area contributed by atoms with Gasteiger partial charge in [0.1, 0.15) is 4.32 Å². The lowest BCUT2D eigenvalue weighted by Crippen LogP contribution is -2.35. The number of nitrogens with zero attached hydrogens (tertiary/aromatic N) is 1. The van der Waals surface area contributed by atoms with Crippen LogP contribution >= 0.6 is 24.0 Å². The summed E-state index contributed by atoms with van der Waals surface area (Å²) >= 11 is 6.99. The third kappa shape index (κ3) is 5.32. The number of benzene rings is 1. The highest BCUT2D eigenvalue weighted by molar-refractivity contribution is 8.23. The second-order valence-electron chi connectivity index (χ2n) is 7.47. The zero-order chi connectivity index (χ0) is 17.0. The van der Waals surface area contributed by atoms with Crippen LogP contribution in [0.1, 0.15) is 56.5 Å². The van der Waals surface area contributed by atoms with Gasteiger partial charge in [0.25, 0.3) is 0 Å². The predicted molar refractivity (Wildman–Crippen MR) is 104 cm³/mol. The molecule has 1 fully saturated rings. The number of hydrogen-bond donors (Lipinski definition) is 0. The summed E-state index contributed by atoms with van der Waals surface area (Å²) in [4.78, 5) is 14.6. The van der Waals surface area contributed by atoms with Crippen molar-refractivity contribution in [3.63, 3.8) is 0 Å². The molecule has 0 radical (unpaired) electrons. The van der Waals surface area contributed by atoms with Crippen LogP contribution in [0.25, 0.3) is 0 Å². The van der Waals surface area contributed by atoms with E-state index in [0.717, 1.165) is 28.9 Å². The fourth-order valence-corrected chi connectivity index (χ4v) is 3.79. The van der Waals surface area contributed by atoms with Gasteiger partial charge in [-0.3, -0.25) is 4.79 Å². The fraction of sp³-hybridized carbons (Fsp3) is 0.579. The van der Waals surface area contributed by atoms with E-state index >= 15 is 0 Å². The molecule has 0 unspecified atom stereocenters. The van der Waals surface area contributed by atoms with Gasteiger partial charge in [0.05, 0.1) is 5.75 Å². The van der Waals surface area contributed by atoms with Crippen molar-refractivity contribution < 1.29 is 4.79 Å². The Morgan fingerprint density at radius 2 is 1.78 bits per heavy atom. The molecule has 0 atom stereocenters. The van der Waals surface area contributed by atoms with Crippen molar-refractivity contribution in [2.24, 2.45) is 5.92 Å². The van der Waals surface area contributed by atoms with Crippen molar-refractivity contribution in [1.82, 2.24) is 4.90 Å². The molecule has 4 heteroatoms. The molecule has 1 heterocycles. The van der Waals surface area contributed by atoms with Crippen LogP contribution in [0.15, 0.2) is 24.3 Å². The van der Waals surface area contributed by atoms with Gasteiger partial charge in [-0.25, -0.2) is 0 Å². The summed E-state index contributed by atoms with van der Waals surface area (Å²) in [7, 11) is 0. The maximum atomic E-state index is 12.3. The van der Waals surface area contributed by atoms with E-state index in [2.05, 4.69) is 44.7 Å². The maximum Gasteiger partial charge on any atom is 0.173 e. The summed E-state index contributed by atoms with van der Waals surface area (Å²) < 4.78 is 0.872. The van der Waals surface area contributed by atoms with Crippen LogP contribution in [0.4, 0.5) is 0 Å². The molecular formula is C19H27NOS2. The summed E-state index contributed by atoms with van der Waals surface area (Å²) in [6.07, 6.45) is 2.39. The highest BCUT2D eigenvalue weighted by atomic mass is 32.2.